The molecule has 114 valence electrons. The molecule has 0 bridgehead atoms. The molecule has 0 spiro atoms. The number of aromatic nitrogens is 1. The van der Waals surface area contributed by atoms with E-state index < -0.39 is 4.92 Å². The fraction of sp³-hybridized carbons (Fsp3) is 0.500. The Morgan fingerprint density at radius 2 is 2.19 bits per heavy atom. The van der Waals surface area contributed by atoms with Crippen molar-refractivity contribution in [3.8, 4) is 0 Å². The highest BCUT2D eigenvalue weighted by Crippen LogP contribution is 2.23. The van der Waals surface area contributed by atoms with Crippen LogP contribution in [-0.4, -0.2) is 70.1 Å². The summed E-state index contributed by atoms with van der Waals surface area (Å²) in [5.41, 5.74) is 5.75. The Morgan fingerprint density at radius 3 is 2.81 bits per heavy atom. The Labute approximate surface area is 121 Å². The number of pyridine rings is 1. The Morgan fingerprint density at radius 1 is 1.48 bits per heavy atom. The molecule has 21 heavy (non-hydrogen) atoms. The molecule has 0 saturated carbocycles. The summed E-state index contributed by atoms with van der Waals surface area (Å²) in [7, 11) is 0. The molecule has 0 unspecified atom stereocenters. The summed E-state index contributed by atoms with van der Waals surface area (Å²) in [4.78, 5) is 22.3. The monoisotopic (exact) mass is 294 g/mol. The van der Waals surface area contributed by atoms with Gasteiger partial charge in [0.2, 0.25) is 5.82 Å². The van der Waals surface area contributed by atoms with E-state index >= 15 is 0 Å². The van der Waals surface area contributed by atoms with Crippen LogP contribution in [-0.2, 0) is 0 Å². The van der Waals surface area contributed by atoms with E-state index in [1.807, 2.05) is 4.90 Å². The largest absolute Gasteiger partial charge is 0.395 e. The van der Waals surface area contributed by atoms with Crippen molar-refractivity contribution in [3.05, 3.63) is 28.4 Å². The first-order valence-electron chi connectivity index (χ1n) is 6.63. The summed E-state index contributed by atoms with van der Waals surface area (Å²) in [6, 6.07) is 2.83. The van der Waals surface area contributed by atoms with Gasteiger partial charge < -0.3 is 15.7 Å². The molecule has 2 rings (SSSR count). The molecule has 1 aliphatic rings. The normalized spacial score (nSPS) is 17.0. The molecule has 0 aromatic carbocycles. The number of aliphatic imine (C=N–C) groups is 1. The highest BCUT2D eigenvalue weighted by atomic mass is 16.6. The van der Waals surface area contributed by atoms with Gasteiger partial charge in [-0.3, -0.25) is 15.0 Å². The van der Waals surface area contributed by atoms with Gasteiger partial charge in [0.15, 0.2) is 5.96 Å². The molecule has 2 heterocycles. The third-order valence-corrected chi connectivity index (χ3v) is 3.30. The van der Waals surface area contributed by atoms with Gasteiger partial charge in [-0.05, 0) is 6.07 Å². The Bertz CT molecular complexity index is 527. The summed E-state index contributed by atoms with van der Waals surface area (Å²) in [6.45, 7) is 3.62. The minimum absolute atomic E-state index is 0.0118. The lowest BCUT2D eigenvalue weighted by atomic mass is 10.3. The summed E-state index contributed by atoms with van der Waals surface area (Å²) < 4.78 is 0. The van der Waals surface area contributed by atoms with Gasteiger partial charge >= 0.3 is 5.69 Å². The van der Waals surface area contributed by atoms with Crippen LogP contribution in [0.1, 0.15) is 0 Å². The standard InChI is InChI=1S/C12H18N6O3/c13-12(17-6-4-16(5-7-17)8-9-19)15-11-10(18(20)21)2-1-3-14-11/h1-3,19H,4-9H2,(H2,13,14,15). The first kappa shape index (κ1) is 15.1. The number of hydrogen-bond donors (Lipinski definition) is 2. The lowest BCUT2D eigenvalue weighted by Gasteiger charge is -2.34. The number of guanidine groups is 1. The highest BCUT2D eigenvalue weighted by Gasteiger charge is 2.19. The van der Waals surface area contributed by atoms with Crippen LogP contribution in [0.15, 0.2) is 23.3 Å². The minimum Gasteiger partial charge on any atom is -0.395 e. The first-order chi connectivity index (χ1) is 10.1. The van der Waals surface area contributed by atoms with Crippen molar-refractivity contribution in [2.75, 3.05) is 39.3 Å². The van der Waals surface area contributed by atoms with Gasteiger partial charge in [0.25, 0.3) is 0 Å². The molecular weight excluding hydrogens is 276 g/mol. The lowest BCUT2D eigenvalue weighted by Crippen LogP contribution is -2.51. The van der Waals surface area contributed by atoms with Crippen molar-refractivity contribution in [1.82, 2.24) is 14.8 Å². The van der Waals surface area contributed by atoms with Crippen LogP contribution in [0.5, 0.6) is 0 Å². The molecule has 9 nitrogen and oxygen atoms in total. The summed E-state index contributed by atoms with van der Waals surface area (Å²) >= 11 is 0. The van der Waals surface area contributed by atoms with Crippen molar-refractivity contribution < 1.29 is 10.0 Å². The van der Waals surface area contributed by atoms with Crippen LogP contribution in [0, 0.1) is 10.1 Å². The van der Waals surface area contributed by atoms with E-state index in [2.05, 4.69) is 14.9 Å². The number of rotatable bonds is 4. The zero-order chi connectivity index (χ0) is 15.2. The van der Waals surface area contributed by atoms with E-state index in [1.165, 1.54) is 18.3 Å². The molecule has 0 atom stereocenters. The van der Waals surface area contributed by atoms with Crippen LogP contribution in [0.25, 0.3) is 0 Å². The number of β-amino-alcohol motifs (C(OH)–C–C–N with tert-alkyl or cyclic N) is 1. The lowest BCUT2D eigenvalue weighted by molar-refractivity contribution is -0.384. The van der Waals surface area contributed by atoms with E-state index in [9.17, 15) is 10.1 Å². The zero-order valence-electron chi connectivity index (χ0n) is 11.6. The summed E-state index contributed by atoms with van der Waals surface area (Å²) in [5, 5.41) is 19.8. The van der Waals surface area contributed by atoms with E-state index in [0.29, 0.717) is 19.6 Å². The van der Waals surface area contributed by atoms with Gasteiger partial charge in [0.05, 0.1) is 11.5 Å². The molecule has 1 saturated heterocycles. The number of nitrogens with zero attached hydrogens (tertiary/aromatic N) is 5. The zero-order valence-corrected chi connectivity index (χ0v) is 11.6. The van der Waals surface area contributed by atoms with Crippen LogP contribution in [0.4, 0.5) is 11.5 Å². The van der Waals surface area contributed by atoms with Crippen molar-refractivity contribution in [2.24, 2.45) is 10.7 Å². The molecule has 1 aromatic rings. The third kappa shape index (κ3) is 3.86. The Hall–Kier alpha value is -2.26. The number of nitro groups is 1. The molecule has 3 N–H and O–H groups in total. The number of hydrogen-bond acceptors (Lipinski definition) is 6. The van der Waals surface area contributed by atoms with Crippen molar-refractivity contribution in [3.63, 3.8) is 0 Å². The maximum atomic E-state index is 10.9. The smallest absolute Gasteiger partial charge is 0.313 e. The molecule has 1 fully saturated rings. The topological polar surface area (TPSA) is 121 Å². The van der Waals surface area contributed by atoms with Crippen molar-refractivity contribution >= 4 is 17.5 Å². The second kappa shape index (κ2) is 6.95. The number of nitrogens with two attached hydrogens (primary N) is 1. The van der Waals surface area contributed by atoms with Crippen LogP contribution >= 0.6 is 0 Å². The average Bonchev–Trinajstić information content (AvgIpc) is 2.48. The van der Waals surface area contributed by atoms with E-state index in [4.69, 9.17) is 10.8 Å². The minimum atomic E-state index is -0.529. The molecular formula is C12H18N6O3. The van der Waals surface area contributed by atoms with Gasteiger partial charge in [0, 0.05) is 45.0 Å². The molecule has 0 amide bonds. The number of piperazine rings is 1. The second-order valence-electron chi connectivity index (χ2n) is 4.63. The predicted molar refractivity (Wildman–Crippen MR) is 77.3 cm³/mol. The van der Waals surface area contributed by atoms with E-state index in [0.717, 1.165) is 13.1 Å². The number of aliphatic hydroxyl groups excluding tert-OH is 1. The molecule has 1 aliphatic heterocycles. The van der Waals surface area contributed by atoms with Gasteiger partial charge in [-0.2, -0.15) is 4.99 Å². The highest BCUT2D eigenvalue weighted by molar-refractivity contribution is 5.81. The molecule has 9 heteroatoms. The molecule has 0 aliphatic carbocycles. The van der Waals surface area contributed by atoms with Gasteiger partial charge in [-0.25, -0.2) is 4.98 Å². The van der Waals surface area contributed by atoms with Crippen LogP contribution < -0.4 is 5.73 Å². The van der Waals surface area contributed by atoms with Crippen LogP contribution in [0.2, 0.25) is 0 Å². The molecule has 1 aromatic heterocycles. The maximum absolute atomic E-state index is 10.9. The number of aliphatic hydroxyl groups is 1. The second-order valence-corrected chi connectivity index (χ2v) is 4.63. The quantitative estimate of drug-likeness (QED) is 0.334. The van der Waals surface area contributed by atoms with Crippen molar-refractivity contribution in [1.29, 1.82) is 0 Å². The Kier molecular flexibility index (Phi) is 5.01. The maximum Gasteiger partial charge on any atom is 0.313 e. The van der Waals surface area contributed by atoms with Gasteiger partial charge in [-0.15, -0.1) is 0 Å². The van der Waals surface area contributed by atoms with Gasteiger partial charge in [0.1, 0.15) is 0 Å². The molecule has 0 radical (unpaired) electrons. The fourth-order valence-corrected chi connectivity index (χ4v) is 2.14. The van der Waals surface area contributed by atoms with Crippen LogP contribution in [0.3, 0.4) is 0 Å². The third-order valence-electron chi connectivity index (χ3n) is 3.30. The summed E-state index contributed by atoms with van der Waals surface area (Å²) in [6.07, 6.45) is 1.44. The predicted octanol–water partition coefficient (Wildman–Crippen LogP) is -0.454. The Balaban J connectivity index is 2.07. The first-order valence-corrected chi connectivity index (χ1v) is 6.63. The summed E-state index contributed by atoms with van der Waals surface area (Å²) in [5.74, 6) is 0.234. The fourth-order valence-electron chi connectivity index (χ4n) is 2.14. The van der Waals surface area contributed by atoms with E-state index in [-0.39, 0.29) is 24.1 Å². The van der Waals surface area contributed by atoms with Gasteiger partial charge in [-0.1, -0.05) is 0 Å². The SMILES string of the molecule is N/C(=N\c1ncccc1[N+](=O)[O-])N1CCN(CCO)CC1. The average molecular weight is 294 g/mol. The van der Waals surface area contributed by atoms with E-state index in [1.54, 1.807) is 0 Å². The van der Waals surface area contributed by atoms with Crippen molar-refractivity contribution in [2.45, 2.75) is 0 Å².